The van der Waals surface area contributed by atoms with Crippen molar-refractivity contribution in [3.63, 3.8) is 0 Å². The topological polar surface area (TPSA) is 88.1 Å². The summed E-state index contributed by atoms with van der Waals surface area (Å²) in [6.07, 6.45) is 0. The molecule has 1 fully saturated rings. The zero-order chi connectivity index (χ0) is 22.9. The second-order valence-corrected chi connectivity index (χ2v) is 11.7. The average Bonchev–Trinajstić information content (AvgIpc) is 3.25. The molecule has 2 aromatic carbocycles. The van der Waals surface area contributed by atoms with Gasteiger partial charge in [0.25, 0.3) is 0 Å². The monoisotopic (exact) mass is 473 g/mol. The maximum Gasteiger partial charge on any atom is 0.244 e. The van der Waals surface area contributed by atoms with E-state index in [2.05, 4.69) is 31.3 Å². The summed E-state index contributed by atoms with van der Waals surface area (Å²) in [5, 5.41) is 3.51. The van der Waals surface area contributed by atoms with E-state index in [4.69, 9.17) is 9.73 Å². The number of sulfone groups is 1. The Morgan fingerprint density at radius 3 is 2.62 bits per heavy atom. The minimum absolute atomic E-state index is 0.0657. The lowest BCUT2D eigenvalue weighted by atomic mass is 10.0. The van der Waals surface area contributed by atoms with Crippen molar-refractivity contribution in [1.29, 1.82) is 0 Å². The van der Waals surface area contributed by atoms with E-state index in [9.17, 15) is 13.2 Å². The Morgan fingerprint density at radius 2 is 1.97 bits per heavy atom. The molecule has 0 aliphatic carbocycles. The predicted molar refractivity (Wildman–Crippen MR) is 131 cm³/mol. The number of rotatable bonds is 6. The van der Waals surface area contributed by atoms with Crippen LogP contribution in [0.25, 0.3) is 0 Å². The van der Waals surface area contributed by atoms with E-state index < -0.39 is 9.84 Å². The number of hydrogen-bond acceptors (Lipinski definition) is 7. The molecule has 0 spiro atoms. The Labute approximate surface area is 193 Å². The van der Waals surface area contributed by atoms with Gasteiger partial charge < -0.3 is 15.0 Å². The first kappa shape index (κ1) is 22.7. The van der Waals surface area contributed by atoms with Crippen molar-refractivity contribution < 1.29 is 17.9 Å². The molecule has 2 aliphatic heterocycles. The number of amidine groups is 1. The molecule has 32 heavy (non-hydrogen) atoms. The first-order chi connectivity index (χ1) is 15.2. The summed E-state index contributed by atoms with van der Waals surface area (Å²) in [5.74, 6) is 1.07. The second kappa shape index (κ2) is 9.15. The van der Waals surface area contributed by atoms with E-state index in [1.165, 1.54) is 17.3 Å². The van der Waals surface area contributed by atoms with E-state index in [0.29, 0.717) is 22.5 Å². The Morgan fingerprint density at radius 1 is 1.22 bits per heavy atom. The lowest BCUT2D eigenvalue weighted by molar-refractivity contribution is -0.114. The Hall–Kier alpha value is -2.52. The fraction of sp³-hybridized carbons (Fsp3) is 0.391. The predicted octanol–water partition coefficient (Wildman–Crippen LogP) is 3.53. The summed E-state index contributed by atoms with van der Waals surface area (Å²) in [6, 6.07) is 15.0. The molecule has 4 rings (SSSR count). The number of ether oxygens (including phenoxy) is 1. The first-order valence-electron chi connectivity index (χ1n) is 10.5. The van der Waals surface area contributed by atoms with Gasteiger partial charge in [-0.15, -0.1) is 0 Å². The number of methoxy groups -OCH3 is 1. The quantitative estimate of drug-likeness (QED) is 0.691. The number of fused-ring (bicyclic) bond motifs is 1. The molecule has 2 aromatic rings. The largest absolute Gasteiger partial charge is 0.497 e. The number of anilines is 2. The normalized spacial score (nSPS) is 21.2. The number of carbonyl (C=O) groups is 1. The van der Waals surface area contributed by atoms with Crippen molar-refractivity contribution in [2.24, 2.45) is 4.99 Å². The minimum Gasteiger partial charge on any atom is -0.497 e. The van der Waals surface area contributed by atoms with Gasteiger partial charge in [0.05, 0.1) is 24.7 Å². The zero-order valence-corrected chi connectivity index (χ0v) is 19.9. The van der Waals surface area contributed by atoms with Crippen molar-refractivity contribution in [1.82, 2.24) is 0 Å². The van der Waals surface area contributed by atoms with Crippen LogP contribution < -0.4 is 15.0 Å². The number of carbonyl (C=O) groups excluding carboxylic acids is 1. The number of amides is 1. The Kier molecular flexibility index (Phi) is 6.48. The van der Waals surface area contributed by atoms with Crippen LogP contribution in [0.5, 0.6) is 5.75 Å². The number of hydrogen-bond donors (Lipinski definition) is 1. The molecule has 0 bridgehead atoms. The molecular weight excluding hydrogens is 446 g/mol. The van der Waals surface area contributed by atoms with Crippen LogP contribution in [0.3, 0.4) is 0 Å². The summed E-state index contributed by atoms with van der Waals surface area (Å²) in [6.45, 7) is 4.33. The first-order valence-corrected chi connectivity index (χ1v) is 13.2. The average molecular weight is 474 g/mol. The van der Waals surface area contributed by atoms with Gasteiger partial charge in [0.1, 0.15) is 12.3 Å². The number of thioether (sulfide) groups is 1. The molecule has 1 N–H and O–H groups in total. The molecule has 2 aliphatic rings. The van der Waals surface area contributed by atoms with Crippen molar-refractivity contribution in [3.8, 4) is 5.75 Å². The molecule has 2 atom stereocenters. The van der Waals surface area contributed by atoms with Gasteiger partial charge in [-0.05, 0) is 35.7 Å². The molecule has 0 unspecified atom stereocenters. The summed E-state index contributed by atoms with van der Waals surface area (Å²) in [4.78, 5) is 19.5. The van der Waals surface area contributed by atoms with Crippen LogP contribution in [0.1, 0.15) is 25.3 Å². The lowest BCUT2D eigenvalue weighted by Gasteiger charge is -2.24. The van der Waals surface area contributed by atoms with Gasteiger partial charge in [-0.2, -0.15) is 0 Å². The zero-order valence-electron chi connectivity index (χ0n) is 18.3. The highest BCUT2D eigenvalue weighted by Gasteiger charge is 2.44. The summed E-state index contributed by atoms with van der Waals surface area (Å²) < 4.78 is 29.1. The molecular formula is C23H27N3O4S2. The van der Waals surface area contributed by atoms with Crippen molar-refractivity contribution in [2.45, 2.75) is 31.1 Å². The maximum atomic E-state index is 12.9. The molecule has 0 saturated carbocycles. The van der Waals surface area contributed by atoms with Crippen molar-refractivity contribution in [3.05, 3.63) is 54.1 Å². The number of nitrogens with zero attached hydrogens (tertiary/aromatic N) is 2. The van der Waals surface area contributed by atoms with Crippen LogP contribution in [0.4, 0.5) is 11.4 Å². The van der Waals surface area contributed by atoms with Gasteiger partial charge in [-0.1, -0.05) is 43.8 Å². The third kappa shape index (κ3) is 5.10. The number of nitrogens with one attached hydrogen (secondary N) is 1. The SMILES string of the molecule is COc1cccc(NC(=O)CN(C2=N[C@@H]3CS(=O)(=O)C[C@@H]3S2)c2ccc(C(C)C)cc2)c1. The van der Waals surface area contributed by atoms with E-state index in [1.807, 2.05) is 29.2 Å². The Balaban J connectivity index is 1.57. The highest BCUT2D eigenvalue weighted by Crippen LogP contribution is 2.37. The van der Waals surface area contributed by atoms with Crippen LogP contribution in [-0.4, -0.2) is 55.9 Å². The van der Waals surface area contributed by atoms with Gasteiger partial charge in [0.2, 0.25) is 5.91 Å². The molecule has 170 valence electrons. The number of aliphatic imine (C=N–C) groups is 1. The van der Waals surface area contributed by atoms with Crippen LogP contribution in [0.2, 0.25) is 0 Å². The standard InChI is InChI=1S/C23H27N3O4S2/c1-15(2)16-7-9-18(10-8-16)26(23-25-20-13-32(28,29)14-21(20)31-23)12-22(27)24-17-5-4-6-19(11-17)30-3/h4-11,15,20-21H,12-14H2,1-3H3,(H,24,27)/t20-,21+/m1/s1. The van der Waals surface area contributed by atoms with Gasteiger partial charge in [0.15, 0.2) is 15.0 Å². The number of benzene rings is 2. The highest BCUT2D eigenvalue weighted by atomic mass is 32.2. The molecule has 9 heteroatoms. The summed E-state index contributed by atoms with van der Waals surface area (Å²) >= 11 is 1.45. The Bertz CT molecular complexity index is 1130. The molecule has 1 saturated heterocycles. The molecule has 2 heterocycles. The van der Waals surface area contributed by atoms with Gasteiger partial charge in [0, 0.05) is 22.7 Å². The van der Waals surface area contributed by atoms with Crippen molar-refractivity contribution in [2.75, 3.05) is 35.4 Å². The van der Waals surface area contributed by atoms with Crippen molar-refractivity contribution >= 4 is 44.0 Å². The van der Waals surface area contributed by atoms with Crippen LogP contribution in [0.15, 0.2) is 53.5 Å². The molecule has 1 amide bonds. The lowest BCUT2D eigenvalue weighted by Crippen LogP contribution is -2.36. The van der Waals surface area contributed by atoms with E-state index in [-0.39, 0.29) is 35.2 Å². The van der Waals surface area contributed by atoms with Crippen LogP contribution in [0, 0.1) is 0 Å². The summed E-state index contributed by atoms with van der Waals surface area (Å²) in [7, 11) is -1.46. The van der Waals surface area contributed by atoms with Gasteiger partial charge in [-0.25, -0.2) is 8.42 Å². The minimum atomic E-state index is -3.04. The third-order valence-electron chi connectivity index (χ3n) is 5.56. The third-order valence-corrected chi connectivity index (χ3v) is 8.81. The summed E-state index contributed by atoms with van der Waals surface area (Å²) in [5.41, 5.74) is 2.70. The van der Waals surface area contributed by atoms with Crippen LogP contribution in [-0.2, 0) is 14.6 Å². The maximum absolute atomic E-state index is 12.9. The van der Waals surface area contributed by atoms with Gasteiger partial charge >= 0.3 is 0 Å². The fourth-order valence-corrected chi connectivity index (χ4v) is 7.60. The smallest absolute Gasteiger partial charge is 0.244 e. The van der Waals surface area contributed by atoms with Gasteiger partial charge in [-0.3, -0.25) is 9.79 Å². The van der Waals surface area contributed by atoms with E-state index in [1.54, 1.807) is 19.2 Å². The second-order valence-electron chi connectivity index (χ2n) is 8.32. The van der Waals surface area contributed by atoms with Crippen LogP contribution >= 0.6 is 11.8 Å². The molecule has 7 nitrogen and oxygen atoms in total. The molecule has 0 radical (unpaired) electrons. The van der Waals surface area contributed by atoms with E-state index in [0.717, 1.165) is 5.69 Å². The molecule has 0 aromatic heterocycles. The van der Waals surface area contributed by atoms with E-state index >= 15 is 0 Å². The fourth-order valence-electron chi connectivity index (χ4n) is 3.82. The highest BCUT2D eigenvalue weighted by molar-refractivity contribution is 8.15.